The topological polar surface area (TPSA) is 72.7 Å². The molecule has 0 fully saturated rings. The minimum Gasteiger partial charge on any atom is -0.353 e. The standard InChI is InChI=1S/C13H19N5OS/c1-8(2)9(3)17-11(19)6-20-13-10-5-16-18(4)12(10)14-7-15-13/h5,7-9H,6H2,1-4H3,(H,17,19). The van der Waals surface area contributed by atoms with Crippen molar-refractivity contribution in [3.05, 3.63) is 12.5 Å². The van der Waals surface area contributed by atoms with Crippen molar-refractivity contribution in [3.63, 3.8) is 0 Å². The van der Waals surface area contributed by atoms with Gasteiger partial charge in [0.05, 0.1) is 17.3 Å². The molecule has 1 N–H and O–H groups in total. The van der Waals surface area contributed by atoms with Crippen molar-refractivity contribution in [1.82, 2.24) is 25.1 Å². The molecule has 0 aliphatic rings. The molecule has 7 heteroatoms. The van der Waals surface area contributed by atoms with Gasteiger partial charge in [0, 0.05) is 13.1 Å². The zero-order chi connectivity index (χ0) is 14.7. The molecule has 20 heavy (non-hydrogen) atoms. The summed E-state index contributed by atoms with van der Waals surface area (Å²) in [4.78, 5) is 20.3. The molecule has 0 radical (unpaired) electrons. The van der Waals surface area contributed by atoms with Crippen LogP contribution in [0.4, 0.5) is 0 Å². The van der Waals surface area contributed by atoms with Gasteiger partial charge in [-0.25, -0.2) is 9.97 Å². The van der Waals surface area contributed by atoms with Gasteiger partial charge in [-0.05, 0) is 12.8 Å². The van der Waals surface area contributed by atoms with Crippen LogP contribution in [0, 0.1) is 5.92 Å². The van der Waals surface area contributed by atoms with E-state index in [2.05, 4.69) is 34.2 Å². The summed E-state index contributed by atoms with van der Waals surface area (Å²) < 4.78 is 1.70. The first kappa shape index (κ1) is 14.8. The van der Waals surface area contributed by atoms with Crippen molar-refractivity contribution in [2.45, 2.75) is 31.8 Å². The maximum absolute atomic E-state index is 11.9. The van der Waals surface area contributed by atoms with Gasteiger partial charge in [-0.15, -0.1) is 0 Å². The Morgan fingerprint density at radius 2 is 2.15 bits per heavy atom. The van der Waals surface area contributed by atoms with Crippen molar-refractivity contribution in [3.8, 4) is 0 Å². The summed E-state index contributed by atoms with van der Waals surface area (Å²) in [5, 5.41) is 8.80. The number of fused-ring (bicyclic) bond motifs is 1. The van der Waals surface area contributed by atoms with E-state index in [9.17, 15) is 4.79 Å². The van der Waals surface area contributed by atoms with Crippen molar-refractivity contribution < 1.29 is 4.79 Å². The highest BCUT2D eigenvalue weighted by Gasteiger charge is 2.13. The van der Waals surface area contributed by atoms with E-state index >= 15 is 0 Å². The SMILES string of the molecule is CC(C)C(C)NC(=O)CSc1ncnc2c1cnn2C. The predicted octanol–water partition coefficient (Wildman–Crippen LogP) is 1.62. The van der Waals surface area contributed by atoms with E-state index in [4.69, 9.17) is 0 Å². The summed E-state index contributed by atoms with van der Waals surface area (Å²) in [6.07, 6.45) is 3.23. The fourth-order valence-corrected chi connectivity index (χ4v) is 2.42. The summed E-state index contributed by atoms with van der Waals surface area (Å²) in [5.41, 5.74) is 0.776. The van der Waals surface area contributed by atoms with Crippen molar-refractivity contribution in [2.75, 3.05) is 5.75 Å². The molecule has 0 aliphatic heterocycles. The molecule has 0 saturated heterocycles. The maximum Gasteiger partial charge on any atom is 0.230 e. The van der Waals surface area contributed by atoms with E-state index in [1.807, 2.05) is 14.0 Å². The molecule has 1 unspecified atom stereocenters. The molecule has 0 spiro atoms. The molecule has 0 aliphatic carbocycles. The van der Waals surface area contributed by atoms with Crippen molar-refractivity contribution >= 4 is 28.7 Å². The van der Waals surface area contributed by atoms with E-state index in [-0.39, 0.29) is 11.9 Å². The molecular formula is C13H19N5OS. The lowest BCUT2D eigenvalue weighted by Crippen LogP contribution is -2.37. The van der Waals surface area contributed by atoms with Gasteiger partial charge < -0.3 is 5.32 Å². The highest BCUT2D eigenvalue weighted by molar-refractivity contribution is 8.00. The molecule has 108 valence electrons. The number of carbonyl (C=O) groups excluding carboxylic acids is 1. The number of hydrogen-bond acceptors (Lipinski definition) is 5. The van der Waals surface area contributed by atoms with Crippen molar-refractivity contribution in [2.24, 2.45) is 13.0 Å². The van der Waals surface area contributed by atoms with Gasteiger partial charge >= 0.3 is 0 Å². The molecule has 1 amide bonds. The molecule has 6 nitrogen and oxygen atoms in total. The minimum atomic E-state index is 0.0202. The zero-order valence-electron chi connectivity index (χ0n) is 12.1. The Hall–Kier alpha value is -1.63. The average molecular weight is 293 g/mol. The van der Waals surface area contributed by atoms with Gasteiger partial charge in [0.25, 0.3) is 0 Å². The Bertz CT molecular complexity index is 610. The van der Waals surface area contributed by atoms with E-state index in [0.717, 1.165) is 16.1 Å². The lowest BCUT2D eigenvalue weighted by Gasteiger charge is -2.17. The number of thioether (sulfide) groups is 1. The molecule has 2 aromatic heterocycles. The Morgan fingerprint density at radius 3 is 2.85 bits per heavy atom. The Kier molecular flexibility index (Phi) is 4.59. The first-order valence-corrected chi connectivity index (χ1v) is 7.52. The largest absolute Gasteiger partial charge is 0.353 e. The number of amides is 1. The first-order chi connectivity index (χ1) is 9.49. The Labute approximate surface area is 122 Å². The second kappa shape index (κ2) is 6.21. The molecule has 0 saturated carbocycles. The fraction of sp³-hybridized carbons (Fsp3) is 0.538. The molecule has 0 bridgehead atoms. The van der Waals surface area contributed by atoms with Crippen LogP contribution in [0.5, 0.6) is 0 Å². The molecule has 2 rings (SSSR count). The summed E-state index contributed by atoms with van der Waals surface area (Å²) in [7, 11) is 1.83. The van der Waals surface area contributed by atoms with Crippen LogP contribution in [-0.2, 0) is 11.8 Å². The summed E-state index contributed by atoms with van der Waals surface area (Å²) in [5.74, 6) is 0.790. The van der Waals surface area contributed by atoms with Gasteiger partial charge in [-0.3, -0.25) is 9.48 Å². The smallest absolute Gasteiger partial charge is 0.230 e. The van der Waals surface area contributed by atoms with E-state index < -0.39 is 0 Å². The van der Waals surface area contributed by atoms with Crippen LogP contribution >= 0.6 is 11.8 Å². The summed E-state index contributed by atoms with van der Waals surface area (Å²) in [6.45, 7) is 6.18. The minimum absolute atomic E-state index is 0.0202. The third-order valence-electron chi connectivity index (χ3n) is 3.22. The summed E-state index contributed by atoms with van der Waals surface area (Å²) in [6, 6.07) is 0.173. The van der Waals surface area contributed by atoms with Crippen LogP contribution in [0.3, 0.4) is 0 Å². The lowest BCUT2D eigenvalue weighted by molar-refractivity contribution is -0.119. The molecule has 0 aromatic carbocycles. The number of carbonyl (C=O) groups is 1. The molecule has 1 atom stereocenters. The van der Waals surface area contributed by atoms with Crippen LogP contribution in [0.2, 0.25) is 0 Å². The maximum atomic E-state index is 11.9. The van der Waals surface area contributed by atoms with Gasteiger partial charge in [0.1, 0.15) is 11.4 Å². The third-order valence-corrected chi connectivity index (χ3v) is 4.23. The van der Waals surface area contributed by atoms with Gasteiger partial charge in [0.2, 0.25) is 5.91 Å². The molecule has 2 aromatic rings. The molecular weight excluding hydrogens is 274 g/mol. The Balaban J connectivity index is 2.01. The third kappa shape index (κ3) is 3.27. The number of rotatable bonds is 5. The fourth-order valence-electron chi connectivity index (χ4n) is 1.65. The van der Waals surface area contributed by atoms with Gasteiger partial charge in [-0.1, -0.05) is 25.6 Å². The normalized spacial score (nSPS) is 12.8. The predicted molar refractivity (Wildman–Crippen MR) is 79.5 cm³/mol. The van der Waals surface area contributed by atoms with Crippen LogP contribution < -0.4 is 5.32 Å². The lowest BCUT2D eigenvalue weighted by atomic mass is 10.1. The van der Waals surface area contributed by atoms with Crippen LogP contribution in [0.15, 0.2) is 17.6 Å². The van der Waals surface area contributed by atoms with Crippen LogP contribution in [-0.4, -0.2) is 37.5 Å². The number of aromatic nitrogens is 4. The highest BCUT2D eigenvalue weighted by atomic mass is 32.2. The molecule has 2 heterocycles. The van der Waals surface area contributed by atoms with Gasteiger partial charge in [0.15, 0.2) is 5.65 Å². The zero-order valence-corrected chi connectivity index (χ0v) is 12.9. The van der Waals surface area contributed by atoms with E-state index in [0.29, 0.717) is 11.7 Å². The number of hydrogen-bond donors (Lipinski definition) is 1. The number of nitrogens with zero attached hydrogens (tertiary/aromatic N) is 4. The van der Waals surface area contributed by atoms with Crippen molar-refractivity contribution in [1.29, 1.82) is 0 Å². The van der Waals surface area contributed by atoms with E-state index in [1.54, 1.807) is 10.9 Å². The van der Waals surface area contributed by atoms with Crippen LogP contribution in [0.25, 0.3) is 11.0 Å². The second-order valence-corrected chi connectivity index (χ2v) is 6.04. The highest BCUT2D eigenvalue weighted by Crippen LogP contribution is 2.23. The average Bonchev–Trinajstić information content (AvgIpc) is 2.79. The monoisotopic (exact) mass is 293 g/mol. The van der Waals surface area contributed by atoms with Gasteiger partial charge in [-0.2, -0.15) is 5.10 Å². The quantitative estimate of drug-likeness (QED) is 0.670. The van der Waals surface area contributed by atoms with Crippen LogP contribution in [0.1, 0.15) is 20.8 Å². The summed E-state index contributed by atoms with van der Waals surface area (Å²) >= 11 is 1.41. The Morgan fingerprint density at radius 1 is 1.40 bits per heavy atom. The van der Waals surface area contributed by atoms with E-state index in [1.165, 1.54) is 18.1 Å². The number of aryl methyl sites for hydroxylation is 1. The first-order valence-electron chi connectivity index (χ1n) is 6.54. The second-order valence-electron chi connectivity index (χ2n) is 5.07. The number of nitrogens with one attached hydrogen (secondary N) is 1.